The molecule has 1 heterocycles. The van der Waals surface area contributed by atoms with Gasteiger partial charge in [-0.3, -0.25) is 9.69 Å². The van der Waals surface area contributed by atoms with Crippen molar-refractivity contribution >= 4 is 46.3 Å². The van der Waals surface area contributed by atoms with Gasteiger partial charge in [-0.1, -0.05) is 36.1 Å². The molecule has 1 aliphatic rings. The first-order valence-electron chi connectivity index (χ1n) is 6.61. The van der Waals surface area contributed by atoms with E-state index in [1.54, 1.807) is 24.3 Å². The van der Waals surface area contributed by atoms with Crippen molar-refractivity contribution < 1.29 is 24.2 Å². The Morgan fingerprint density at radius 2 is 2.09 bits per heavy atom. The second kappa shape index (κ2) is 7.01. The van der Waals surface area contributed by atoms with Gasteiger partial charge >= 0.3 is 5.97 Å². The van der Waals surface area contributed by atoms with Crippen molar-refractivity contribution in [3.63, 3.8) is 0 Å². The molecule has 122 valence electrons. The molecule has 1 aromatic rings. The SMILES string of the molecule is COc1cccc(C=C2SC(=S)N(C(C)C(=O)O)C2=O)c1OC. The smallest absolute Gasteiger partial charge is 0.326 e. The van der Waals surface area contributed by atoms with Crippen molar-refractivity contribution in [2.24, 2.45) is 0 Å². The van der Waals surface area contributed by atoms with Gasteiger partial charge in [-0.25, -0.2) is 4.79 Å². The molecule has 0 aliphatic carbocycles. The summed E-state index contributed by atoms with van der Waals surface area (Å²) in [7, 11) is 3.03. The number of nitrogens with zero attached hydrogens (tertiary/aromatic N) is 1. The molecule has 1 fully saturated rings. The third-order valence-electron chi connectivity index (χ3n) is 3.29. The highest BCUT2D eigenvalue weighted by atomic mass is 32.2. The van der Waals surface area contributed by atoms with Crippen LogP contribution >= 0.6 is 24.0 Å². The molecule has 8 heteroatoms. The Kier molecular flexibility index (Phi) is 5.27. The molecule has 1 amide bonds. The summed E-state index contributed by atoms with van der Waals surface area (Å²) in [5.74, 6) is -0.511. The Labute approximate surface area is 143 Å². The highest BCUT2D eigenvalue weighted by molar-refractivity contribution is 8.26. The Bertz CT molecular complexity index is 701. The molecule has 0 bridgehead atoms. The summed E-state index contributed by atoms with van der Waals surface area (Å²) >= 11 is 6.19. The van der Waals surface area contributed by atoms with Gasteiger partial charge in [-0.2, -0.15) is 0 Å². The zero-order valence-corrected chi connectivity index (χ0v) is 14.4. The lowest BCUT2D eigenvalue weighted by molar-refractivity contribution is -0.144. The van der Waals surface area contributed by atoms with E-state index >= 15 is 0 Å². The molecule has 0 spiro atoms. The van der Waals surface area contributed by atoms with Crippen molar-refractivity contribution in [3.05, 3.63) is 28.7 Å². The first-order chi connectivity index (χ1) is 10.9. The fourth-order valence-corrected chi connectivity index (χ4v) is 3.50. The van der Waals surface area contributed by atoms with Crippen LogP contribution in [0.1, 0.15) is 12.5 Å². The highest BCUT2D eigenvalue weighted by Crippen LogP contribution is 2.37. The van der Waals surface area contributed by atoms with E-state index in [0.29, 0.717) is 22.0 Å². The number of benzene rings is 1. The monoisotopic (exact) mass is 353 g/mol. The number of para-hydroxylation sites is 1. The summed E-state index contributed by atoms with van der Waals surface area (Å²) in [5.41, 5.74) is 0.648. The van der Waals surface area contributed by atoms with Gasteiger partial charge in [0, 0.05) is 5.56 Å². The number of aliphatic carboxylic acids is 1. The van der Waals surface area contributed by atoms with Crippen LogP contribution in [-0.2, 0) is 9.59 Å². The summed E-state index contributed by atoms with van der Waals surface area (Å²) in [5, 5.41) is 9.09. The van der Waals surface area contributed by atoms with Crippen LogP contribution in [-0.4, -0.2) is 46.5 Å². The van der Waals surface area contributed by atoms with E-state index in [1.165, 1.54) is 21.1 Å². The van der Waals surface area contributed by atoms with E-state index in [-0.39, 0.29) is 4.32 Å². The van der Waals surface area contributed by atoms with Crippen LogP contribution in [0.25, 0.3) is 6.08 Å². The summed E-state index contributed by atoms with van der Waals surface area (Å²) in [6.45, 7) is 1.42. The van der Waals surface area contributed by atoms with Gasteiger partial charge in [0.1, 0.15) is 10.4 Å². The first-order valence-corrected chi connectivity index (χ1v) is 7.84. The summed E-state index contributed by atoms with van der Waals surface area (Å²) in [4.78, 5) is 25.0. The molecule has 1 saturated heterocycles. The van der Waals surface area contributed by atoms with Crippen LogP contribution in [0.2, 0.25) is 0 Å². The van der Waals surface area contributed by atoms with E-state index in [1.807, 2.05) is 0 Å². The Balaban J connectivity index is 2.40. The van der Waals surface area contributed by atoms with Crippen molar-refractivity contribution in [1.82, 2.24) is 4.90 Å². The van der Waals surface area contributed by atoms with Crippen molar-refractivity contribution in [1.29, 1.82) is 0 Å². The average Bonchev–Trinajstić information content (AvgIpc) is 2.80. The standard InChI is InChI=1S/C15H15NO5S2/c1-8(14(18)19)16-13(17)11(23-15(16)22)7-9-5-4-6-10(20-2)12(9)21-3/h4-8H,1-3H3,(H,18,19). The summed E-state index contributed by atoms with van der Waals surface area (Å²) in [6.07, 6.45) is 1.62. The lowest BCUT2D eigenvalue weighted by Crippen LogP contribution is -2.41. The highest BCUT2D eigenvalue weighted by Gasteiger charge is 2.38. The van der Waals surface area contributed by atoms with Gasteiger partial charge in [-0.05, 0) is 19.1 Å². The largest absolute Gasteiger partial charge is 0.493 e. The molecular weight excluding hydrogens is 338 g/mol. The summed E-state index contributed by atoms with van der Waals surface area (Å²) < 4.78 is 10.8. The fourth-order valence-electron chi connectivity index (χ4n) is 2.09. The fraction of sp³-hybridized carbons (Fsp3) is 0.267. The molecule has 1 aliphatic heterocycles. The quantitative estimate of drug-likeness (QED) is 0.643. The number of hydrogen-bond donors (Lipinski definition) is 1. The number of carbonyl (C=O) groups excluding carboxylic acids is 1. The van der Waals surface area contributed by atoms with Crippen LogP contribution in [0.3, 0.4) is 0 Å². The number of hydrogen-bond acceptors (Lipinski definition) is 6. The Hall–Kier alpha value is -2.06. The number of methoxy groups -OCH3 is 2. The van der Waals surface area contributed by atoms with Crippen LogP contribution in [0.4, 0.5) is 0 Å². The first kappa shape index (κ1) is 17.3. The average molecular weight is 353 g/mol. The topological polar surface area (TPSA) is 76.1 Å². The lowest BCUT2D eigenvalue weighted by atomic mass is 10.1. The molecule has 6 nitrogen and oxygen atoms in total. The van der Waals surface area contributed by atoms with Crippen molar-refractivity contribution in [2.75, 3.05) is 14.2 Å². The molecule has 1 N–H and O–H groups in total. The van der Waals surface area contributed by atoms with E-state index in [4.69, 9.17) is 26.8 Å². The molecule has 23 heavy (non-hydrogen) atoms. The normalized spacial score (nSPS) is 17.5. The molecule has 0 aromatic heterocycles. The van der Waals surface area contributed by atoms with E-state index in [9.17, 15) is 9.59 Å². The molecule has 0 saturated carbocycles. The number of ether oxygens (including phenoxy) is 2. The van der Waals surface area contributed by atoms with Crippen LogP contribution in [0, 0.1) is 0 Å². The third-order valence-corrected chi connectivity index (χ3v) is 4.62. The number of carboxylic acid groups (broad SMARTS) is 1. The minimum absolute atomic E-state index is 0.220. The van der Waals surface area contributed by atoms with Gasteiger partial charge in [0.2, 0.25) is 0 Å². The van der Waals surface area contributed by atoms with Gasteiger partial charge in [0.25, 0.3) is 5.91 Å². The number of amides is 1. The molecule has 1 unspecified atom stereocenters. The molecular formula is C15H15NO5S2. The zero-order valence-electron chi connectivity index (χ0n) is 12.7. The number of thioether (sulfide) groups is 1. The molecule has 0 radical (unpaired) electrons. The lowest BCUT2D eigenvalue weighted by Gasteiger charge is -2.18. The number of rotatable bonds is 5. The molecule has 2 rings (SSSR count). The minimum Gasteiger partial charge on any atom is -0.493 e. The Morgan fingerprint density at radius 1 is 1.39 bits per heavy atom. The van der Waals surface area contributed by atoms with Crippen LogP contribution < -0.4 is 9.47 Å². The third kappa shape index (κ3) is 3.32. The van der Waals surface area contributed by atoms with E-state index in [0.717, 1.165) is 16.7 Å². The van der Waals surface area contributed by atoms with Crippen molar-refractivity contribution in [2.45, 2.75) is 13.0 Å². The van der Waals surface area contributed by atoms with Gasteiger partial charge < -0.3 is 14.6 Å². The van der Waals surface area contributed by atoms with Crippen LogP contribution in [0.5, 0.6) is 11.5 Å². The predicted molar refractivity (Wildman–Crippen MR) is 91.7 cm³/mol. The molecule has 1 aromatic carbocycles. The van der Waals surface area contributed by atoms with Gasteiger partial charge in [0.15, 0.2) is 11.5 Å². The zero-order chi connectivity index (χ0) is 17.1. The number of carbonyl (C=O) groups is 2. The predicted octanol–water partition coefficient (Wildman–Crippen LogP) is 2.38. The number of carboxylic acids is 1. The molecule has 1 atom stereocenters. The minimum atomic E-state index is -1.11. The maximum absolute atomic E-state index is 12.4. The number of thiocarbonyl (C=S) groups is 1. The second-order valence-corrected chi connectivity index (χ2v) is 6.32. The van der Waals surface area contributed by atoms with E-state index in [2.05, 4.69) is 0 Å². The van der Waals surface area contributed by atoms with E-state index < -0.39 is 17.9 Å². The van der Waals surface area contributed by atoms with Crippen molar-refractivity contribution in [3.8, 4) is 11.5 Å². The maximum Gasteiger partial charge on any atom is 0.326 e. The summed E-state index contributed by atoms with van der Waals surface area (Å²) in [6, 6.07) is 4.27. The van der Waals surface area contributed by atoms with Crippen LogP contribution in [0.15, 0.2) is 23.1 Å². The van der Waals surface area contributed by atoms with Gasteiger partial charge in [0.05, 0.1) is 19.1 Å². The maximum atomic E-state index is 12.4. The van der Waals surface area contributed by atoms with Gasteiger partial charge in [-0.15, -0.1) is 0 Å². The second-order valence-electron chi connectivity index (χ2n) is 4.65. The Morgan fingerprint density at radius 3 is 2.65 bits per heavy atom.